The first kappa shape index (κ1) is 17.4. The Bertz CT molecular complexity index is 993. The van der Waals surface area contributed by atoms with Crippen LogP contribution in [0.25, 0.3) is 11.3 Å². The summed E-state index contributed by atoms with van der Waals surface area (Å²) in [6, 6.07) is 12.9. The number of nitrogens with one attached hydrogen (secondary N) is 2. The lowest BCUT2D eigenvalue weighted by Crippen LogP contribution is -2.25. The highest BCUT2D eigenvalue weighted by Crippen LogP contribution is 2.30. The molecular formula is C20H18N4O2S. The third-order valence-electron chi connectivity index (χ3n) is 4.43. The molecule has 0 bridgehead atoms. The van der Waals surface area contributed by atoms with Crippen molar-refractivity contribution in [2.45, 2.75) is 25.8 Å². The average Bonchev–Trinajstić information content (AvgIpc) is 3.38. The third-order valence-corrected chi connectivity index (χ3v) is 5.18. The van der Waals surface area contributed by atoms with E-state index in [0.717, 1.165) is 40.5 Å². The smallest absolute Gasteiger partial charge is 0.251 e. The zero-order valence-corrected chi connectivity index (χ0v) is 15.5. The van der Waals surface area contributed by atoms with Crippen LogP contribution in [0.5, 0.6) is 0 Å². The maximum absolute atomic E-state index is 12.3. The van der Waals surface area contributed by atoms with Crippen molar-refractivity contribution in [3.63, 3.8) is 0 Å². The van der Waals surface area contributed by atoms with E-state index in [4.69, 9.17) is 0 Å². The molecule has 1 heterocycles. The normalized spacial score (nSPS) is 13.2. The van der Waals surface area contributed by atoms with Gasteiger partial charge in [0.2, 0.25) is 0 Å². The van der Waals surface area contributed by atoms with Gasteiger partial charge in [-0.2, -0.15) is 0 Å². The molecule has 0 aliphatic heterocycles. The van der Waals surface area contributed by atoms with E-state index in [1.807, 2.05) is 42.6 Å². The Morgan fingerprint density at radius 2 is 1.96 bits per heavy atom. The molecule has 0 saturated heterocycles. The molecule has 7 heteroatoms. The molecule has 0 spiro atoms. The highest BCUT2D eigenvalue weighted by Gasteiger charge is 2.24. The van der Waals surface area contributed by atoms with Gasteiger partial charge in [0.25, 0.3) is 5.91 Å². The fraction of sp³-hybridized carbons (Fsp3) is 0.200. The lowest BCUT2D eigenvalue weighted by molar-refractivity contribution is 0.0951. The van der Waals surface area contributed by atoms with Gasteiger partial charge in [0.1, 0.15) is 5.69 Å². The van der Waals surface area contributed by atoms with Gasteiger partial charge < -0.3 is 10.6 Å². The number of benzene rings is 2. The van der Waals surface area contributed by atoms with Gasteiger partial charge in [-0.05, 0) is 54.8 Å². The van der Waals surface area contributed by atoms with Crippen LogP contribution in [0.1, 0.15) is 28.8 Å². The number of nitroso groups, excluding NO2 is 1. The number of nitrogens with zero attached hydrogens (tertiary/aromatic N) is 2. The van der Waals surface area contributed by atoms with Crippen molar-refractivity contribution in [2.24, 2.45) is 5.18 Å². The predicted molar refractivity (Wildman–Crippen MR) is 108 cm³/mol. The molecule has 27 heavy (non-hydrogen) atoms. The van der Waals surface area contributed by atoms with Gasteiger partial charge in [-0.25, -0.2) is 4.98 Å². The van der Waals surface area contributed by atoms with E-state index >= 15 is 0 Å². The average molecular weight is 378 g/mol. The summed E-state index contributed by atoms with van der Waals surface area (Å²) < 4.78 is 0. The van der Waals surface area contributed by atoms with Crippen molar-refractivity contribution >= 4 is 33.8 Å². The Labute approximate surface area is 160 Å². The van der Waals surface area contributed by atoms with Crippen molar-refractivity contribution in [2.75, 3.05) is 5.32 Å². The topological polar surface area (TPSA) is 83.4 Å². The first-order chi connectivity index (χ1) is 13.1. The van der Waals surface area contributed by atoms with Crippen LogP contribution in [-0.4, -0.2) is 16.9 Å². The van der Waals surface area contributed by atoms with Crippen LogP contribution in [0, 0.1) is 11.8 Å². The fourth-order valence-corrected chi connectivity index (χ4v) is 3.40. The summed E-state index contributed by atoms with van der Waals surface area (Å²) in [6.45, 7) is 1.99. The molecule has 0 atom stereocenters. The summed E-state index contributed by atoms with van der Waals surface area (Å²) in [5, 5.41) is 11.9. The van der Waals surface area contributed by atoms with E-state index in [0.29, 0.717) is 17.3 Å². The second-order valence-corrected chi connectivity index (χ2v) is 7.44. The standard InChI is InChI=1S/C20H18N4O2S/c1-12-2-3-14(19(25)21-15-8-9-15)10-17(12)22-20-23-18(11-27-20)13-4-6-16(24-26)7-5-13/h2-7,10-11,15H,8-9H2,1H3,(H,21,25)(H,22,23). The lowest BCUT2D eigenvalue weighted by Gasteiger charge is -2.10. The van der Waals surface area contributed by atoms with Crippen molar-refractivity contribution in [3.05, 3.63) is 63.9 Å². The number of amides is 1. The minimum Gasteiger partial charge on any atom is -0.349 e. The molecule has 0 radical (unpaired) electrons. The van der Waals surface area contributed by atoms with Crippen LogP contribution in [-0.2, 0) is 0 Å². The van der Waals surface area contributed by atoms with Gasteiger partial charge in [-0.15, -0.1) is 16.2 Å². The molecule has 1 amide bonds. The number of thiazole rings is 1. The first-order valence-electron chi connectivity index (χ1n) is 8.70. The first-order valence-corrected chi connectivity index (χ1v) is 9.58. The van der Waals surface area contributed by atoms with E-state index in [1.165, 1.54) is 11.3 Å². The fourth-order valence-electron chi connectivity index (χ4n) is 2.67. The molecular weight excluding hydrogens is 360 g/mol. The molecule has 1 aliphatic carbocycles. The number of rotatable bonds is 6. The van der Waals surface area contributed by atoms with E-state index in [-0.39, 0.29) is 5.91 Å². The molecule has 1 aliphatic rings. The predicted octanol–water partition coefficient (Wildman–Crippen LogP) is 5.15. The Balaban J connectivity index is 1.52. The van der Waals surface area contributed by atoms with E-state index < -0.39 is 0 Å². The molecule has 1 aromatic heterocycles. The van der Waals surface area contributed by atoms with Crippen LogP contribution in [0.2, 0.25) is 0 Å². The second kappa shape index (κ2) is 7.28. The van der Waals surface area contributed by atoms with Crippen LogP contribution >= 0.6 is 11.3 Å². The minimum atomic E-state index is -0.0377. The molecule has 4 rings (SSSR count). The number of anilines is 2. The SMILES string of the molecule is Cc1ccc(C(=O)NC2CC2)cc1Nc1nc(-c2ccc(N=O)cc2)cs1. The Morgan fingerprint density at radius 1 is 1.19 bits per heavy atom. The summed E-state index contributed by atoms with van der Waals surface area (Å²) in [5.74, 6) is -0.0377. The Hall–Kier alpha value is -3.06. The van der Waals surface area contributed by atoms with Gasteiger partial charge in [0.05, 0.1) is 5.69 Å². The van der Waals surface area contributed by atoms with Crippen LogP contribution in [0.15, 0.2) is 53.0 Å². The summed E-state index contributed by atoms with van der Waals surface area (Å²) in [5.41, 5.74) is 4.67. The van der Waals surface area contributed by atoms with Gasteiger partial charge in [-0.1, -0.05) is 18.2 Å². The molecule has 1 saturated carbocycles. The van der Waals surface area contributed by atoms with Gasteiger partial charge in [-0.3, -0.25) is 4.79 Å². The van der Waals surface area contributed by atoms with E-state index in [1.54, 1.807) is 12.1 Å². The van der Waals surface area contributed by atoms with Crippen molar-refractivity contribution in [1.82, 2.24) is 10.3 Å². The number of hydrogen-bond acceptors (Lipinski definition) is 6. The highest BCUT2D eigenvalue weighted by molar-refractivity contribution is 7.14. The molecule has 2 N–H and O–H groups in total. The summed E-state index contributed by atoms with van der Waals surface area (Å²) in [4.78, 5) is 27.4. The maximum atomic E-state index is 12.3. The molecule has 6 nitrogen and oxygen atoms in total. The van der Waals surface area contributed by atoms with Gasteiger partial charge >= 0.3 is 0 Å². The van der Waals surface area contributed by atoms with Crippen molar-refractivity contribution in [1.29, 1.82) is 0 Å². The minimum absolute atomic E-state index is 0.0377. The molecule has 3 aromatic rings. The van der Waals surface area contributed by atoms with Gasteiger partial charge in [0, 0.05) is 28.2 Å². The quantitative estimate of drug-likeness (QED) is 0.581. The molecule has 136 valence electrons. The van der Waals surface area contributed by atoms with E-state index in [2.05, 4.69) is 20.8 Å². The zero-order chi connectivity index (χ0) is 18.8. The second-order valence-electron chi connectivity index (χ2n) is 6.58. The third kappa shape index (κ3) is 4.03. The zero-order valence-electron chi connectivity index (χ0n) is 14.7. The Morgan fingerprint density at radius 3 is 2.67 bits per heavy atom. The summed E-state index contributed by atoms with van der Waals surface area (Å²) >= 11 is 1.48. The largest absolute Gasteiger partial charge is 0.349 e. The van der Waals surface area contributed by atoms with Gasteiger partial charge in [0.15, 0.2) is 5.13 Å². The number of carbonyl (C=O) groups is 1. The van der Waals surface area contributed by atoms with Crippen molar-refractivity contribution < 1.29 is 4.79 Å². The highest BCUT2D eigenvalue weighted by atomic mass is 32.1. The Kier molecular flexibility index (Phi) is 4.68. The summed E-state index contributed by atoms with van der Waals surface area (Å²) in [6.07, 6.45) is 2.13. The van der Waals surface area contributed by atoms with Crippen LogP contribution in [0.3, 0.4) is 0 Å². The number of carbonyl (C=O) groups excluding carboxylic acids is 1. The number of hydrogen-bond donors (Lipinski definition) is 2. The monoisotopic (exact) mass is 378 g/mol. The van der Waals surface area contributed by atoms with E-state index in [9.17, 15) is 9.70 Å². The summed E-state index contributed by atoms with van der Waals surface area (Å²) in [7, 11) is 0. The number of aryl methyl sites for hydroxylation is 1. The molecule has 0 unspecified atom stereocenters. The van der Waals surface area contributed by atoms with Crippen molar-refractivity contribution in [3.8, 4) is 11.3 Å². The molecule has 2 aromatic carbocycles. The lowest BCUT2D eigenvalue weighted by atomic mass is 10.1. The molecule has 1 fully saturated rings. The maximum Gasteiger partial charge on any atom is 0.251 e. The number of aromatic nitrogens is 1. The van der Waals surface area contributed by atoms with Crippen LogP contribution in [0.4, 0.5) is 16.5 Å². The van der Waals surface area contributed by atoms with Crippen LogP contribution < -0.4 is 10.6 Å².